The summed E-state index contributed by atoms with van der Waals surface area (Å²) < 4.78 is 0. The molecule has 0 spiro atoms. The van der Waals surface area contributed by atoms with Crippen LogP contribution in [0.2, 0.25) is 0 Å². The van der Waals surface area contributed by atoms with Gasteiger partial charge in [-0.2, -0.15) is 0 Å². The molecule has 8 heteroatoms. The molecule has 4 N–H and O–H groups in total. The van der Waals surface area contributed by atoms with E-state index in [0.29, 0.717) is 15.6 Å². The highest BCUT2D eigenvalue weighted by atomic mass is 32.1. The maximum Gasteiger partial charge on any atom is 0.324 e. The van der Waals surface area contributed by atoms with Crippen molar-refractivity contribution in [2.45, 2.75) is 25.8 Å². The monoisotopic (exact) mass is 448 g/mol. The molecule has 1 saturated carbocycles. The number of hydrogen-bond acceptors (Lipinski definition) is 4. The zero-order valence-corrected chi connectivity index (χ0v) is 18.4. The third-order valence-electron chi connectivity index (χ3n) is 5.07. The first-order valence-electron chi connectivity index (χ1n) is 10.4. The Morgan fingerprint density at radius 1 is 0.844 bits per heavy atom. The summed E-state index contributed by atoms with van der Waals surface area (Å²) in [5, 5.41) is 11.9. The summed E-state index contributed by atoms with van der Waals surface area (Å²) in [5.74, 6) is 0.00580. The van der Waals surface area contributed by atoms with Gasteiger partial charge in [-0.05, 0) is 61.7 Å². The van der Waals surface area contributed by atoms with Gasteiger partial charge in [0.1, 0.15) is 0 Å². The van der Waals surface area contributed by atoms with Gasteiger partial charge >= 0.3 is 6.03 Å². The van der Waals surface area contributed by atoms with Crippen LogP contribution in [0.3, 0.4) is 0 Å². The van der Waals surface area contributed by atoms with Crippen molar-refractivity contribution in [1.29, 1.82) is 0 Å². The summed E-state index contributed by atoms with van der Waals surface area (Å²) in [5.41, 5.74) is 2.37. The van der Waals surface area contributed by atoms with Crippen molar-refractivity contribution in [1.82, 2.24) is 5.32 Å². The van der Waals surface area contributed by atoms with Gasteiger partial charge in [0, 0.05) is 17.3 Å². The lowest BCUT2D eigenvalue weighted by molar-refractivity contribution is -0.117. The van der Waals surface area contributed by atoms with Gasteiger partial charge in [-0.3, -0.25) is 14.9 Å². The van der Waals surface area contributed by atoms with E-state index in [4.69, 9.17) is 0 Å². The van der Waals surface area contributed by atoms with Gasteiger partial charge in [0.05, 0.1) is 15.9 Å². The van der Waals surface area contributed by atoms with Gasteiger partial charge in [-0.1, -0.05) is 30.3 Å². The van der Waals surface area contributed by atoms with E-state index in [1.165, 1.54) is 11.3 Å². The summed E-state index contributed by atoms with van der Waals surface area (Å²) in [6.07, 6.45) is 1.93. The Kier molecular flexibility index (Phi) is 6.51. The van der Waals surface area contributed by atoms with E-state index in [9.17, 15) is 14.4 Å². The molecule has 1 aliphatic carbocycles. The first-order valence-corrected chi connectivity index (χ1v) is 11.2. The van der Waals surface area contributed by atoms with Crippen LogP contribution in [0.25, 0.3) is 0 Å². The topological polar surface area (TPSA) is 99.3 Å². The second-order valence-corrected chi connectivity index (χ2v) is 8.77. The number of amides is 4. The molecule has 1 fully saturated rings. The van der Waals surface area contributed by atoms with Gasteiger partial charge in [0.25, 0.3) is 5.91 Å². The van der Waals surface area contributed by atoms with Crippen molar-refractivity contribution in [2.75, 3.05) is 16.0 Å². The largest absolute Gasteiger partial charge is 0.345 e. The molecule has 4 amide bonds. The minimum atomic E-state index is -0.368. The van der Waals surface area contributed by atoms with Crippen molar-refractivity contribution in [3.8, 4) is 0 Å². The van der Waals surface area contributed by atoms with E-state index in [1.807, 2.05) is 49.4 Å². The third kappa shape index (κ3) is 5.73. The maximum absolute atomic E-state index is 12.6. The quantitative estimate of drug-likeness (QED) is 0.398. The lowest BCUT2D eigenvalue weighted by atomic mass is 10.1. The smallest absolute Gasteiger partial charge is 0.324 e. The molecule has 0 bridgehead atoms. The predicted octanol–water partition coefficient (Wildman–Crippen LogP) is 5.23. The summed E-state index contributed by atoms with van der Waals surface area (Å²) in [7, 11) is 0. The number of thiophene rings is 1. The molecule has 4 rings (SSSR count). The van der Waals surface area contributed by atoms with E-state index in [1.54, 1.807) is 24.3 Å². The zero-order valence-electron chi connectivity index (χ0n) is 17.6. The van der Waals surface area contributed by atoms with Crippen molar-refractivity contribution < 1.29 is 14.4 Å². The average molecular weight is 449 g/mol. The highest BCUT2D eigenvalue weighted by molar-refractivity contribution is 7.18. The number of nitrogens with one attached hydrogen (secondary N) is 4. The summed E-state index contributed by atoms with van der Waals surface area (Å²) >= 11 is 1.20. The summed E-state index contributed by atoms with van der Waals surface area (Å²) in [6, 6.07) is 19.4. The predicted molar refractivity (Wildman–Crippen MR) is 127 cm³/mol. The third-order valence-corrected chi connectivity index (χ3v) is 6.07. The van der Waals surface area contributed by atoms with Crippen LogP contribution in [0.5, 0.6) is 0 Å². The van der Waals surface area contributed by atoms with Gasteiger partial charge in [-0.15, -0.1) is 11.3 Å². The first-order chi connectivity index (χ1) is 15.5. The van der Waals surface area contributed by atoms with Crippen LogP contribution in [-0.4, -0.2) is 17.8 Å². The molecular formula is C24H24N4O3S. The van der Waals surface area contributed by atoms with E-state index in [-0.39, 0.29) is 29.8 Å². The molecule has 1 heterocycles. The molecule has 1 aliphatic rings. The lowest BCUT2D eigenvalue weighted by Gasteiger charge is -2.14. The van der Waals surface area contributed by atoms with E-state index < -0.39 is 0 Å². The number of anilines is 3. The molecular weight excluding hydrogens is 424 g/mol. The number of benzene rings is 2. The Labute approximate surface area is 190 Å². The van der Waals surface area contributed by atoms with E-state index >= 15 is 0 Å². The molecule has 2 aromatic carbocycles. The standard InChI is InChI=1S/C24H24N4O3S/c1-15(16-9-11-19(12-10-16)26-22(29)17-7-8-17)25-23(30)20-13-14-21(32-20)28-24(31)27-18-5-3-2-4-6-18/h2-6,9-15,17H,7-8H2,1H3,(H,25,30)(H,26,29)(H2,27,28,31). The van der Waals surface area contributed by atoms with Gasteiger partial charge in [-0.25, -0.2) is 4.79 Å². The Balaban J connectivity index is 1.29. The molecule has 7 nitrogen and oxygen atoms in total. The first kappa shape index (κ1) is 21.6. The number of carbonyl (C=O) groups excluding carboxylic acids is 3. The van der Waals surface area contributed by atoms with Crippen LogP contribution < -0.4 is 21.3 Å². The van der Waals surface area contributed by atoms with E-state index in [0.717, 1.165) is 24.1 Å². The highest BCUT2D eigenvalue weighted by Gasteiger charge is 2.29. The van der Waals surface area contributed by atoms with Crippen molar-refractivity contribution in [3.05, 3.63) is 77.2 Å². The molecule has 0 saturated heterocycles. The second-order valence-electron chi connectivity index (χ2n) is 7.69. The van der Waals surface area contributed by atoms with Crippen molar-refractivity contribution in [3.63, 3.8) is 0 Å². The Bertz CT molecular complexity index is 1110. The SMILES string of the molecule is CC(NC(=O)c1ccc(NC(=O)Nc2ccccc2)s1)c1ccc(NC(=O)C2CC2)cc1. The number of hydrogen-bond donors (Lipinski definition) is 4. The molecule has 3 aromatic rings. The Morgan fingerprint density at radius 3 is 2.22 bits per heavy atom. The van der Waals surface area contributed by atoms with Crippen LogP contribution in [0.15, 0.2) is 66.7 Å². The van der Waals surface area contributed by atoms with Crippen LogP contribution in [-0.2, 0) is 4.79 Å². The number of para-hydroxylation sites is 1. The minimum Gasteiger partial charge on any atom is -0.345 e. The van der Waals surface area contributed by atoms with E-state index in [2.05, 4.69) is 21.3 Å². The maximum atomic E-state index is 12.6. The summed E-state index contributed by atoms with van der Waals surface area (Å²) in [6.45, 7) is 1.90. The van der Waals surface area contributed by atoms with Crippen LogP contribution in [0.4, 0.5) is 21.2 Å². The van der Waals surface area contributed by atoms with Gasteiger partial charge < -0.3 is 16.0 Å². The minimum absolute atomic E-state index is 0.0682. The highest BCUT2D eigenvalue weighted by Crippen LogP contribution is 2.30. The van der Waals surface area contributed by atoms with Gasteiger partial charge in [0.2, 0.25) is 5.91 Å². The Hall–Kier alpha value is -3.65. The molecule has 32 heavy (non-hydrogen) atoms. The zero-order chi connectivity index (χ0) is 22.5. The Morgan fingerprint density at radius 2 is 1.53 bits per heavy atom. The van der Waals surface area contributed by atoms with Gasteiger partial charge in [0.15, 0.2) is 0 Å². The second kappa shape index (κ2) is 9.65. The normalized spacial score (nSPS) is 13.7. The molecule has 164 valence electrons. The number of urea groups is 1. The fraction of sp³-hybridized carbons (Fsp3) is 0.208. The van der Waals surface area contributed by atoms with Crippen LogP contribution in [0, 0.1) is 5.92 Å². The molecule has 1 aromatic heterocycles. The molecule has 1 unspecified atom stereocenters. The molecule has 1 atom stereocenters. The molecule has 0 radical (unpaired) electrons. The van der Waals surface area contributed by atoms with Crippen molar-refractivity contribution >= 4 is 45.6 Å². The van der Waals surface area contributed by atoms with Crippen molar-refractivity contribution in [2.24, 2.45) is 5.92 Å². The number of rotatable bonds is 7. The lowest BCUT2D eigenvalue weighted by Crippen LogP contribution is -2.25. The summed E-state index contributed by atoms with van der Waals surface area (Å²) in [4.78, 5) is 37.1. The van der Waals surface area contributed by atoms with Crippen LogP contribution >= 0.6 is 11.3 Å². The average Bonchev–Trinajstić information content (AvgIpc) is 3.54. The fourth-order valence-corrected chi connectivity index (χ4v) is 3.92. The fourth-order valence-electron chi connectivity index (χ4n) is 3.12. The number of carbonyl (C=O) groups is 3. The van der Waals surface area contributed by atoms with Crippen LogP contribution in [0.1, 0.15) is 41.0 Å². The molecule has 0 aliphatic heterocycles.